The summed E-state index contributed by atoms with van der Waals surface area (Å²) in [6, 6.07) is 0. The Bertz CT molecular complexity index is 209. The van der Waals surface area contributed by atoms with Crippen LogP contribution in [0.3, 0.4) is 0 Å². The maximum Gasteiger partial charge on any atom is 0.221 e. The predicted octanol–water partition coefficient (Wildman–Crippen LogP) is -0.109. The molecule has 0 aromatic carbocycles. The fourth-order valence-corrected chi connectivity index (χ4v) is 1.18. The van der Waals surface area contributed by atoms with Gasteiger partial charge < -0.3 is 19.3 Å². The number of hydrogen-bond donors (Lipinski definition) is 0. The van der Waals surface area contributed by atoms with Gasteiger partial charge in [-0.2, -0.15) is 0 Å². The second-order valence-electron chi connectivity index (χ2n) is 3.40. The van der Waals surface area contributed by atoms with E-state index in [4.69, 9.17) is 9.47 Å². The Morgan fingerprint density at radius 3 is 1.38 bits per heavy atom. The zero-order chi connectivity index (χ0) is 12.6. The van der Waals surface area contributed by atoms with Crippen LogP contribution in [0.5, 0.6) is 0 Å². The van der Waals surface area contributed by atoms with Crippen molar-refractivity contribution in [2.24, 2.45) is 0 Å². The fraction of sp³-hybridized carbons (Fsp3) is 0.800. The highest BCUT2D eigenvalue weighted by atomic mass is 16.5. The Hall–Kier alpha value is -1.14. The van der Waals surface area contributed by atoms with Gasteiger partial charge in [-0.15, -0.1) is 0 Å². The molecule has 0 bridgehead atoms. The third kappa shape index (κ3) is 5.67. The topological polar surface area (TPSA) is 59.1 Å². The van der Waals surface area contributed by atoms with Crippen molar-refractivity contribution in [2.45, 2.75) is 13.8 Å². The molecule has 0 aliphatic heterocycles. The summed E-state index contributed by atoms with van der Waals surface area (Å²) in [7, 11) is 3.04. The normalized spacial score (nSPS) is 10.0. The lowest BCUT2D eigenvalue weighted by Gasteiger charge is -2.25. The number of hydrogen-bond acceptors (Lipinski definition) is 4. The van der Waals surface area contributed by atoms with Crippen LogP contribution in [0.4, 0.5) is 0 Å². The molecular weight excluding hydrogens is 212 g/mol. The van der Waals surface area contributed by atoms with Gasteiger partial charge in [-0.25, -0.2) is 0 Å². The number of amides is 2. The van der Waals surface area contributed by atoms with Crippen LogP contribution < -0.4 is 0 Å². The second-order valence-corrected chi connectivity index (χ2v) is 3.40. The van der Waals surface area contributed by atoms with Crippen LogP contribution in [0, 0.1) is 0 Å². The van der Waals surface area contributed by atoms with E-state index in [9.17, 15) is 9.59 Å². The van der Waals surface area contributed by atoms with E-state index in [1.54, 1.807) is 0 Å². The van der Waals surface area contributed by atoms with Crippen molar-refractivity contribution < 1.29 is 19.1 Å². The van der Waals surface area contributed by atoms with E-state index in [1.807, 2.05) is 0 Å². The summed E-state index contributed by atoms with van der Waals surface area (Å²) < 4.78 is 9.78. The molecule has 16 heavy (non-hydrogen) atoms. The Kier molecular flexibility index (Phi) is 7.49. The van der Waals surface area contributed by atoms with E-state index in [0.29, 0.717) is 13.1 Å². The van der Waals surface area contributed by atoms with Gasteiger partial charge in [0.2, 0.25) is 11.8 Å². The quantitative estimate of drug-likeness (QED) is 0.575. The smallest absolute Gasteiger partial charge is 0.221 e. The van der Waals surface area contributed by atoms with Gasteiger partial charge in [0, 0.05) is 41.2 Å². The van der Waals surface area contributed by atoms with Gasteiger partial charge in [-0.05, 0) is 0 Å². The first-order valence-electron chi connectivity index (χ1n) is 5.01. The lowest BCUT2D eigenvalue weighted by atomic mass is 10.4. The zero-order valence-corrected chi connectivity index (χ0v) is 10.4. The van der Waals surface area contributed by atoms with Crippen LogP contribution in [0.25, 0.3) is 0 Å². The zero-order valence-electron chi connectivity index (χ0n) is 10.4. The average molecular weight is 232 g/mol. The molecule has 0 unspecified atom stereocenters. The average Bonchev–Trinajstić information content (AvgIpc) is 2.21. The Morgan fingerprint density at radius 1 is 0.875 bits per heavy atom. The van der Waals surface area contributed by atoms with Gasteiger partial charge >= 0.3 is 0 Å². The highest BCUT2D eigenvalue weighted by Gasteiger charge is 2.12. The Balaban J connectivity index is 4.14. The van der Waals surface area contributed by atoms with Crippen molar-refractivity contribution in [3.63, 3.8) is 0 Å². The molecule has 0 radical (unpaired) electrons. The molecule has 0 aliphatic rings. The molecule has 0 rings (SSSR count). The van der Waals surface area contributed by atoms with Gasteiger partial charge in [0.1, 0.15) is 13.5 Å². The van der Waals surface area contributed by atoms with Gasteiger partial charge in [0.05, 0.1) is 0 Å². The minimum Gasteiger partial charge on any atom is -0.364 e. The molecule has 0 aromatic rings. The molecular formula is C10H20N2O4. The van der Waals surface area contributed by atoms with Crippen molar-refractivity contribution >= 4 is 11.8 Å². The largest absolute Gasteiger partial charge is 0.364 e. The minimum atomic E-state index is -0.0808. The third-order valence-electron chi connectivity index (χ3n) is 2.10. The molecule has 6 nitrogen and oxygen atoms in total. The summed E-state index contributed by atoms with van der Waals surface area (Å²) >= 11 is 0. The van der Waals surface area contributed by atoms with E-state index >= 15 is 0 Å². The standard InChI is InChI=1S/C10H20N2O4/c1-9(13)11(7-15-3)5-6-12(8-16-4)10(2)14/h5-8H2,1-4H3. The molecule has 94 valence electrons. The van der Waals surface area contributed by atoms with Crippen molar-refractivity contribution in [3.05, 3.63) is 0 Å². The van der Waals surface area contributed by atoms with Crippen molar-refractivity contribution in [2.75, 3.05) is 40.8 Å². The number of ether oxygens (including phenoxy) is 2. The lowest BCUT2D eigenvalue weighted by Crippen LogP contribution is -2.41. The molecule has 2 amide bonds. The van der Waals surface area contributed by atoms with E-state index in [2.05, 4.69) is 0 Å². The van der Waals surface area contributed by atoms with Gasteiger partial charge in [-0.1, -0.05) is 0 Å². The molecule has 0 spiro atoms. The van der Waals surface area contributed by atoms with Crippen LogP contribution in [-0.4, -0.2) is 62.4 Å². The molecule has 0 heterocycles. The maximum absolute atomic E-state index is 11.2. The monoisotopic (exact) mass is 232 g/mol. The van der Waals surface area contributed by atoms with Crippen LogP contribution in [0.15, 0.2) is 0 Å². The number of carbonyl (C=O) groups is 2. The summed E-state index contributed by atoms with van der Waals surface area (Å²) in [6.45, 7) is 4.27. The molecule has 6 heteroatoms. The van der Waals surface area contributed by atoms with Gasteiger partial charge in [0.25, 0.3) is 0 Å². The van der Waals surface area contributed by atoms with Gasteiger partial charge in [-0.3, -0.25) is 9.59 Å². The van der Waals surface area contributed by atoms with Crippen LogP contribution in [0.2, 0.25) is 0 Å². The van der Waals surface area contributed by atoms with Crippen LogP contribution >= 0.6 is 0 Å². The number of nitrogens with zero attached hydrogens (tertiary/aromatic N) is 2. The van der Waals surface area contributed by atoms with E-state index < -0.39 is 0 Å². The molecule has 0 aliphatic carbocycles. The SMILES string of the molecule is COCN(CCN(COC)C(C)=O)C(C)=O. The number of carbonyl (C=O) groups excluding carboxylic acids is 2. The van der Waals surface area contributed by atoms with Crippen molar-refractivity contribution in [1.29, 1.82) is 0 Å². The Morgan fingerprint density at radius 2 is 1.19 bits per heavy atom. The summed E-state index contributed by atoms with van der Waals surface area (Å²) in [6.07, 6.45) is 0. The van der Waals surface area contributed by atoms with Crippen molar-refractivity contribution in [1.82, 2.24) is 9.80 Å². The first-order valence-corrected chi connectivity index (χ1v) is 5.01. The minimum absolute atomic E-state index is 0.0808. The summed E-state index contributed by atoms with van der Waals surface area (Å²) in [5, 5.41) is 0. The summed E-state index contributed by atoms with van der Waals surface area (Å²) in [5.41, 5.74) is 0. The van der Waals surface area contributed by atoms with Crippen molar-refractivity contribution in [3.8, 4) is 0 Å². The molecule has 0 fully saturated rings. The first kappa shape index (κ1) is 14.9. The number of rotatable bonds is 7. The van der Waals surface area contributed by atoms with Crippen LogP contribution in [-0.2, 0) is 19.1 Å². The van der Waals surface area contributed by atoms with E-state index in [0.717, 1.165) is 0 Å². The third-order valence-corrected chi connectivity index (χ3v) is 2.10. The second kappa shape index (κ2) is 8.06. The fourth-order valence-electron chi connectivity index (χ4n) is 1.18. The summed E-state index contributed by atoms with van der Waals surface area (Å²) in [5.74, 6) is -0.162. The lowest BCUT2D eigenvalue weighted by molar-refractivity contribution is -0.138. The highest BCUT2D eigenvalue weighted by molar-refractivity contribution is 5.74. The summed E-state index contributed by atoms with van der Waals surface area (Å²) in [4.78, 5) is 25.4. The Labute approximate surface area is 96.1 Å². The predicted molar refractivity (Wildman–Crippen MR) is 58.5 cm³/mol. The number of methoxy groups -OCH3 is 2. The molecule has 0 aromatic heterocycles. The van der Waals surface area contributed by atoms with E-state index in [1.165, 1.54) is 37.9 Å². The highest BCUT2D eigenvalue weighted by Crippen LogP contribution is 1.95. The molecule has 0 N–H and O–H groups in total. The maximum atomic E-state index is 11.2. The first-order chi connectivity index (χ1) is 7.52. The molecule has 0 saturated carbocycles. The molecule has 0 atom stereocenters. The van der Waals surface area contributed by atoms with Crippen LogP contribution in [0.1, 0.15) is 13.8 Å². The van der Waals surface area contributed by atoms with E-state index in [-0.39, 0.29) is 25.3 Å². The van der Waals surface area contributed by atoms with Gasteiger partial charge in [0.15, 0.2) is 0 Å². The molecule has 0 saturated heterocycles.